The minimum Gasteiger partial charge on any atom is -0.479 e. The van der Waals surface area contributed by atoms with Crippen LogP contribution in [0.3, 0.4) is 0 Å². The van der Waals surface area contributed by atoms with Crippen LogP contribution in [0, 0.1) is 17.8 Å². The van der Waals surface area contributed by atoms with Gasteiger partial charge in [-0.3, -0.25) is 0 Å². The summed E-state index contributed by atoms with van der Waals surface area (Å²) in [4.78, 5) is 24.4. The van der Waals surface area contributed by atoms with Gasteiger partial charge in [0.15, 0.2) is 5.60 Å². The molecule has 0 aromatic carbocycles. The average molecular weight is 541 g/mol. The molecule has 0 radical (unpaired) electrons. The molecule has 0 aromatic heterocycles. The number of aliphatic carboxylic acids is 2. The van der Waals surface area contributed by atoms with Crippen molar-refractivity contribution < 1.29 is 69.8 Å². The van der Waals surface area contributed by atoms with Gasteiger partial charge in [0, 0.05) is 24.7 Å². The van der Waals surface area contributed by atoms with E-state index in [4.69, 9.17) is 14.2 Å². The highest BCUT2D eigenvalue weighted by Crippen LogP contribution is 2.42. The third-order valence-electron chi connectivity index (χ3n) is 7.69. The summed E-state index contributed by atoms with van der Waals surface area (Å²) in [7, 11) is 0. The van der Waals surface area contributed by atoms with Crippen molar-refractivity contribution in [2.45, 2.75) is 101 Å². The van der Waals surface area contributed by atoms with Crippen LogP contribution in [-0.4, -0.2) is 131 Å². The zero-order chi connectivity index (χ0) is 28.5. The highest BCUT2D eigenvalue weighted by atomic mass is 16.7. The van der Waals surface area contributed by atoms with Crippen molar-refractivity contribution in [2.75, 3.05) is 13.2 Å². The van der Waals surface area contributed by atoms with Crippen molar-refractivity contribution in [1.29, 1.82) is 0 Å². The third kappa shape index (κ3) is 6.08. The Labute approximate surface area is 214 Å². The summed E-state index contributed by atoms with van der Waals surface area (Å²) in [5.41, 5.74) is -1.88. The summed E-state index contributed by atoms with van der Waals surface area (Å²) in [5.74, 6) is -8.28. The van der Waals surface area contributed by atoms with E-state index in [1.807, 2.05) is 0 Å². The highest BCUT2D eigenvalue weighted by molar-refractivity contribution is 5.78. The number of aliphatic hydroxyl groups excluding tert-OH is 7. The first-order valence-corrected chi connectivity index (χ1v) is 12.2. The fourth-order valence-electron chi connectivity index (χ4n) is 4.95. The molecular weight excluding hydrogens is 500 g/mol. The Morgan fingerprint density at radius 3 is 1.81 bits per heavy atom. The molecule has 2 fully saturated rings. The number of carboxylic acid groups (broad SMARTS) is 2. The molecule has 0 aromatic rings. The fourth-order valence-corrected chi connectivity index (χ4v) is 4.95. The Morgan fingerprint density at radius 1 is 0.865 bits per heavy atom. The quantitative estimate of drug-likeness (QED) is 0.129. The molecule has 14 heteroatoms. The van der Waals surface area contributed by atoms with Gasteiger partial charge in [-0.05, 0) is 5.92 Å². The molecule has 37 heavy (non-hydrogen) atoms. The summed E-state index contributed by atoms with van der Waals surface area (Å²) in [6.07, 6.45) is -13.8. The molecule has 2 aliphatic heterocycles. The number of ether oxygens (including phenoxy) is 3. The van der Waals surface area contributed by atoms with Crippen LogP contribution in [0.1, 0.15) is 40.5 Å². The Balaban J connectivity index is 2.41. The van der Waals surface area contributed by atoms with Crippen LogP contribution >= 0.6 is 0 Å². The van der Waals surface area contributed by atoms with Crippen molar-refractivity contribution in [3.8, 4) is 0 Å². The van der Waals surface area contributed by atoms with Crippen molar-refractivity contribution in [3.63, 3.8) is 0 Å². The number of carbonyl (C=O) groups is 2. The van der Waals surface area contributed by atoms with Crippen LogP contribution in [0.4, 0.5) is 0 Å². The van der Waals surface area contributed by atoms with Gasteiger partial charge in [0.25, 0.3) is 5.79 Å². The number of rotatable bonds is 11. The van der Waals surface area contributed by atoms with Gasteiger partial charge in [-0.15, -0.1) is 0 Å². The molecule has 14 nitrogen and oxygen atoms in total. The number of carboxylic acids is 2. The van der Waals surface area contributed by atoms with Gasteiger partial charge in [0.1, 0.15) is 24.4 Å². The van der Waals surface area contributed by atoms with Gasteiger partial charge in [0.05, 0.1) is 37.6 Å². The Kier molecular flexibility index (Phi) is 10.4. The van der Waals surface area contributed by atoms with E-state index in [9.17, 15) is 55.5 Å². The van der Waals surface area contributed by atoms with Gasteiger partial charge in [0.2, 0.25) is 0 Å². The predicted molar refractivity (Wildman–Crippen MR) is 122 cm³/mol. The topological polar surface area (TPSA) is 244 Å². The molecule has 0 spiro atoms. The van der Waals surface area contributed by atoms with Crippen LogP contribution in [0.2, 0.25) is 0 Å². The van der Waals surface area contributed by atoms with Crippen molar-refractivity contribution in [2.24, 2.45) is 17.8 Å². The molecular formula is C23H40O14. The Morgan fingerprint density at radius 2 is 1.38 bits per heavy atom. The molecule has 0 saturated carbocycles. The van der Waals surface area contributed by atoms with Gasteiger partial charge < -0.3 is 60.2 Å². The van der Waals surface area contributed by atoms with Crippen LogP contribution in [0.5, 0.6) is 0 Å². The largest absolute Gasteiger partial charge is 0.479 e. The van der Waals surface area contributed by atoms with E-state index < -0.39 is 110 Å². The first-order chi connectivity index (χ1) is 17.1. The zero-order valence-electron chi connectivity index (χ0n) is 21.2. The lowest BCUT2D eigenvalue weighted by Crippen LogP contribution is -2.65. The first kappa shape index (κ1) is 31.8. The lowest BCUT2D eigenvalue weighted by molar-refractivity contribution is -0.343. The standard InChI is InChI=1S/C23H40O14/c1-9(2)22(20(31)32)5-12(26)10(3)19(36-22)17(30)15(8-25)35-23(21(33)34)6-13(27)11(4)18(37-23)16(29)14(28)7-24/h9-19,24-30H,5-8H2,1-4H3,(H,31,32)(H,33,34)/t10-,11-,12-,13-,14-,15?,16-,17-,18?,19?,22+,23-/m1/s1. The summed E-state index contributed by atoms with van der Waals surface area (Å²) in [6, 6.07) is 0. The Bertz CT molecular complexity index is 793. The van der Waals surface area contributed by atoms with Crippen molar-refractivity contribution in [3.05, 3.63) is 0 Å². The van der Waals surface area contributed by atoms with Gasteiger partial charge >= 0.3 is 11.9 Å². The smallest absolute Gasteiger partial charge is 0.364 e. The van der Waals surface area contributed by atoms with E-state index in [0.29, 0.717) is 0 Å². The lowest BCUT2D eigenvalue weighted by Gasteiger charge is -2.50. The van der Waals surface area contributed by atoms with Crippen LogP contribution in [-0.2, 0) is 23.8 Å². The van der Waals surface area contributed by atoms with Gasteiger partial charge in [-0.2, -0.15) is 0 Å². The summed E-state index contributed by atoms with van der Waals surface area (Å²) in [6.45, 7) is 4.14. The van der Waals surface area contributed by atoms with E-state index in [-0.39, 0.29) is 6.42 Å². The minimum atomic E-state index is -2.72. The van der Waals surface area contributed by atoms with Crippen molar-refractivity contribution in [1.82, 2.24) is 0 Å². The molecule has 216 valence electrons. The van der Waals surface area contributed by atoms with E-state index >= 15 is 0 Å². The Hall–Kier alpha value is -1.46. The predicted octanol–water partition coefficient (Wildman–Crippen LogP) is -2.73. The molecule has 0 amide bonds. The first-order valence-electron chi connectivity index (χ1n) is 12.2. The second-order valence-corrected chi connectivity index (χ2v) is 10.4. The van der Waals surface area contributed by atoms with Crippen LogP contribution in [0.25, 0.3) is 0 Å². The van der Waals surface area contributed by atoms with Crippen LogP contribution < -0.4 is 0 Å². The van der Waals surface area contributed by atoms with Crippen LogP contribution in [0.15, 0.2) is 0 Å². The molecule has 2 aliphatic rings. The normalized spacial score (nSPS) is 40.1. The van der Waals surface area contributed by atoms with Gasteiger partial charge in [-0.25, -0.2) is 9.59 Å². The lowest BCUT2D eigenvalue weighted by atomic mass is 9.76. The second kappa shape index (κ2) is 12.2. The third-order valence-corrected chi connectivity index (χ3v) is 7.69. The van der Waals surface area contributed by atoms with E-state index in [1.54, 1.807) is 13.8 Å². The SMILES string of the molecule is CC(C)[C@]1(C(=O)O)C[C@@H](O)[C@@H](C)C([C@H](O)C(CO)O[C@]2(C(=O)O)C[C@@H](O)[C@@H](C)C([C@H](O)[C@H](O)CO)O2)O1. The fraction of sp³-hybridized carbons (Fsp3) is 0.913. The molecule has 9 N–H and O–H groups in total. The molecule has 2 saturated heterocycles. The van der Waals surface area contributed by atoms with E-state index in [1.165, 1.54) is 13.8 Å². The molecule has 2 heterocycles. The molecule has 12 atom stereocenters. The molecule has 0 aliphatic carbocycles. The van der Waals surface area contributed by atoms with E-state index in [2.05, 4.69) is 0 Å². The van der Waals surface area contributed by atoms with Crippen molar-refractivity contribution >= 4 is 11.9 Å². The highest BCUT2D eigenvalue weighted by Gasteiger charge is 2.58. The zero-order valence-corrected chi connectivity index (χ0v) is 21.2. The number of hydrogen-bond acceptors (Lipinski definition) is 12. The number of aliphatic hydroxyl groups is 7. The second-order valence-electron chi connectivity index (χ2n) is 10.4. The van der Waals surface area contributed by atoms with Gasteiger partial charge in [-0.1, -0.05) is 27.7 Å². The summed E-state index contributed by atoms with van der Waals surface area (Å²) < 4.78 is 16.9. The summed E-state index contributed by atoms with van der Waals surface area (Å²) >= 11 is 0. The minimum absolute atomic E-state index is 0.270. The maximum Gasteiger partial charge on any atom is 0.364 e. The average Bonchev–Trinajstić information content (AvgIpc) is 2.84. The molecule has 3 unspecified atom stereocenters. The molecule has 2 rings (SSSR count). The maximum absolute atomic E-state index is 12.3. The van der Waals surface area contributed by atoms with E-state index in [0.717, 1.165) is 0 Å². The maximum atomic E-state index is 12.3. The summed E-state index contributed by atoms with van der Waals surface area (Å²) in [5, 5.41) is 91.5. The number of hydrogen-bond donors (Lipinski definition) is 9. The molecule has 0 bridgehead atoms. The monoisotopic (exact) mass is 540 g/mol.